The molecule has 4 heteroatoms. The standard InChI is InChI=1S/C20H30O4/c1-15-2-4-16(5-3-15)8-12-19(22)14-24-20(23)13-9-17-6-10-18(21)11-7-17/h8-9,12-13,15-18,21H,2-7,10-11,14H2,1H3/b12-8+,13-9+. The number of carbonyl (C=O) groups is 2. The van der Waals surface area contributed by atoms with E-state index in [-0.39, 0.29) is 18.5 Å². The Balaban J connectivity index is 1.63. The lowest BCUT2D eigenvalue weighted by Crippen LogP contribution is -2.17. The monoisotopic (exact) mass is 334 g/mol. The van der Waals surface area contributed by atoms with Crippen LogP contribution >= 0.6 is 0 Å². The third-order valence-electron chi connectivity index (χ3n) is 5.22. The van der Waals surface area contributed by atoms with Crippen LogP contribution < -0.4 is 0 Å². The van der Waals surface area contributed by atoms with Crippen LogP contribution in [0.2, 0.25) is 0 Å². The summed E-state index contributed by atoms with van der Waals surface area (Å²) in [5.41, 5.74) is 0. The first-order valence-electron chi connectivity index (χ1n) is 9.27. The van der Waals surface area contributed by atoms with Crippen molar-refractivity contribution >= 4 is 11.8 Å². The van der Waals surface area contributed by atoms with Crippen molar-refractivity contribution in [1.82, 2.24) is 0 Å². The highest BCUT2D eigenvalue weighted by molar-refractivity contribution is 5.93. The predicted octanol–water partition coefficient (Wildman–Crippen LogP) is 3.59. The number of hydrogen-bond donors (Lipinski definition) is 1. The van der Waals surface area contributed by atoms with E-state index in [0.29, 0.717) is 11.8 Å². The Hall–Kier alpha value is -1.42. The maximum atomic E-state index is 11.8. The lowest BCUT2D eigenvalue weighted by Gasteiger charge is -2.23. The molecule has 0 aromatic carbocycles. The fraction of sp³-hybridized carbons (Fsp3) is 0.700. The van der Waals surface area contributed by atoms with Crippen molar-refractivity contribution in [1.29, 1.82) is 0 Å². The van der Waals surface area contributed by atoms with Crippen LogP contribution in [0, 0.1) is 17.8 Å². The average molecular weight is 334 g/mol. The molecule has 0 atom stereocenters. The predicted molar refractivity (Wildman–Crippen MR) is 93.3 cm³/mol. The lowest BCUT2D eigenvalue weighted by atomic mass is 9.83. The Kier molecular flexibility index (Phi) is 7.70. The van der Waals surface area contributed by atoms with Gasteiger partial charge in [-0.1, -0.05) is 31.9 Å². The molecule has 0 unspecified atom stereocenters. The molecule has 134 valence electrons. The summed E-state index contributed by atoms with van der Waals surface area (Å²) in [6.45, 7) is 2.08. The van der Waals surface area contributed by atoms with Crippen LogP contribution in [0.4, 0.5) is 0 Å². The topological polar surface area (TPSA) is 63.6 Å². The maximum Gasteiger partial charge on any atom is 0.330 e. The number of rotatable bonds is 6. The molecule has 0 aromatic heterocycles. The molecule has 2 fully saturated rings. The number of ether oxygens (including phenoxy) is 1. The molecular formula is C20H30O4. The average Bonchev–Trinajstić information content (AvgIpc) is 2.59. The summed E-state index contributed by atoms with van der Waals surface area (Å²) in [6.07, 6.45) is 14.7. The van der Waals surface area contributed by atoms with Gasteiger partial charge in [0, 0.05) is 6.08 Å². The second-order valence-corrected chi connectivity index (χ2v) is 7.38. The summed E-state index contributed by atoms with van der Waals surface area (Å²) in [5, 5.41) is 9.45. The lowest BCUT2D eigenvalue weighted by molar-refractivity contribution is -0.141. The second-order valence-electron chi connectivity index (χ2n) is 7.38. The minimum Gasteiger partial charge on any atom is -0.454 e. The smallest absolute Gasteiger partial charge is 0.330 e. The van der Waals surface area contributed by atoms with Crippen LogP contribution in [0.5, 0.6) is 0 Å². The van der Waals surface area contributed by atoms with Crippen molar-refractivity contribution in [2.24, 2.45) is 17.8 Å². The van der Waals surface area contributed by atoms with Crippen LogP contribution in [-0.4, -0.2) is 29.6 Å². The van der Waals surface area contributed by atoms with Crippen molar-refractivity contribution < 1.29 is 19.4 Å². The molecule has 2 aliphatic rings. The maximum absolute atomic E-state index is 11.8. The first-order chi connectivity index (χ1) is 11.5. The minimum atomic E-state index is -0.464. The van der Waals surface area contributed by atoms with Crippen LogP contribution in [0.15, 0.2) is 24.3 Å². The van der Waals surface area contributed by atoms with E-state index >= 15 is 0 Å². The van der Waals surface area contributed by atoms with Crippen LogP contribution in [-0.2, 0) is 14.3 Å². The molecule has 0 aromatic rings. The molecule has 0 heterocycles. The molecule has 0 radical (unpaired) electrons. The fourth-order valence-electron chi connectivity index (χ4n) is 3.47. The van der Waals surface area contributed by atoms with E-state index in [4.69, 9.17) is 4.74 Å². The number of carbonyl (C=O) groups excluding carboxylic acids is 2. The quantitative estimate of drug-likeness (QED) is 0.595. The highest BCUT2D eigenvalue weighted by atomic mass is 16.5. The number of esters is 1. The normalized spacial score (nSPS) is 31.4. The zero-order valence-electron chi connectivity index (χ0n) is 14.7. The van der Waals surface area contributed by atoms with Gasteiger partial charge in [0.25, 0.3) is 0 Å². The van der Waals surface area contributed by atoms with E-state index in [1.807, 2.05) is 12.2 Å². The Bertz CT molecular complexity index is 420. The van der Waals surface area contributed by atoms with E-state index in [1.54, 1.807) is 6.08 Å². The number of aliphatic hydroxyl groups excluding tert-OH is 1. The number of aliphatic hydroxyl groups is 1. The molecule has 2 saturated carbocycles. The Morgan fingerprint density at radius 1 is 0.917 bits per heavy atom. The van der Waals surface area contributed by atoms with Crippen molar-refractivity contribution in [3.63, 3.8) is 0 Å². The summed E-state index contributed by atoms with van der Waals surface area (Å²) in [6, 6.07) is 0. The summed E-state index contributed by atoms with van der Waals surface area (Å²) in [4.78, 5) is 23.4. The van der Waals surface area contributed by atoms with Gasteiger partial charge in [0.2, 0.25) is 0 Å². The SMILES string of the molecule is CC1CCC(/C=C/C(=O)COC(=O)/C=C/C2CCC(O)CC2)CC1. The van der Waals surface area contributed by atoms with Gasteiger partial charge >= 0.3 is 5.97 Å². The van der Waals surface area contributed by atoms with E-state index < -0.39 is 5.97 Å². The Labute approximate surface area is 145 Å². The van der Waals surface area contributed by atoms with Crippen molar-refractivity contribution in [2.75, 3.05) is 6.61 Å². The minimum absolute atomic E-state index is 0.156. The van der Waals surface area contributed by atoms with Crippen molar-refractivity contribution in [3.05, 3.63) is 24.3 Å². The second kappa shape index (κ2) is 9.77. The first-order valence-corrected chi connectivity index (χ1v) is 9.27. The Morgan fingerprint density at radius 3 is 2.08 bits per heavy atom. The van der Waals surface area contributed by atoms with Gasteiger partial charge in [-0.2, -0.15) is 0 Å². The summed E-state index contributed by atoms with van der Waals surface area (Å²) in [5.74, 6) is 0.990. The van der Waals surface area contributed by atoms with E-state index in [9.17, 15) is 14.7 Å². The molecule has 24 heavy (non-hydrogen) atoms. The highest BCUT2D eigenvalue weighted by Crippen LogP contribution is 2.29. The van der Waals surface area contributed by atoms with Crippen molar-refractivity contribution in [3.8, 4) is 0 Å². The number of ketones is 1. The molecule has 0 amide bonds. The Morgan fingerprint density at radius 2 is 1.46 bits per heavy atom. The highest BCUT2D eigenvalue weighted by Gasteiger charge is 2.18. The van der Waals surface area contributed by atoms with Gasteiger partial charge in [0.05, 0.1) is 6.10 Å². The fourth-order valence-corrected chi connectivity index (χ4v) is 3.47. The van der Waals surface area contributed by atoms with Gasteiger partial charge in [0.15, 0.2) is 12.4 Å². The number of hydrogen-bond acceptors (Lipinski definition) is 4. The van der Waals surface area contributed by atoms with E-state index in [2.05, 4.69) is 6.92 Å². The molecule has 0 spiro atoms. The zero-order chi connectivity index (χ0) is 17.4. The van der Waals surface area contributed by atoms with Gasteiger partial charge in [-0.15, -0.1) is 0 Å². The van der Waals surface area contributed by atoms with E-state index in [1.165, 1.54) is 18.9 Å². The third kappa shape index (κ3) is 7.00. The molecule has 0 saturated heterocycles. The summed E-state index contributed by atoms with van der Waals surface area (Å²) in [7, 11) is 0. The van der Waals surface area contributed by atoms with Crippen LogP contribution in [0.25, 0.3) is 0 Å². The van der Waals surface area contributed by atoms with Crippen LogP contribution in [0.1, 0.15) is 58.3 Å². The van der Waals surface area contributed by atoms with Gasteiger partial charge in [-0.25, -0.2) is 4.79 Å². The molecule has 0 bridgehead atoms. The molecule has 0 aliphatic heterocycles. The zero-order valence-corrected chi connectivity index (χ0v) is 14.7. The van der Waals surface area contributed by atoms with Gasteiger partial charge in [0.1, 0.15) is 0 Å². The molecular weight excluding hydrogens is 304 g/mol. The molecule has 1 N–H and O–H groups in total. The molecule has 4 nitrogen and oxygen atoms in total. The largest absolute Gasteiger partial charge is 0.454 e. The first kappa shape index (κ1) is 18.9. The van der Waals surface area contributed by atoms with Crippen LogP contribution in [0.3, 0.4) is 0 Å². The summed E-state index contributed by atoms with van der Waals surface area (Å²) < 4.78 is 5.00. The van der Waals surface area contributed by atoms with Gasteiger partial charge in [-0.05, 0) is 62.4 Å². The summed E-state index contributed by atoms with van der Waals surface area (Å²) >= 11 is 0. The third-order valence-corrected chi connectivity index (χ3v) is 5.22. The van der Waals surface area contributed by atoms with E-state index in [0.717, 1.165) is 44.4 Å². The number of allylic oxidation sites excluding steroid dienone is 2. The molecule has 2 aliphatic carbocycles. The molecule has 2 rings (SSSR count). The van der Waals surface area contributed by atoms with Crippen molar-refractivity contribution in [2.45, 2.75) is 64.4 Å². The van der Waals surface area contributed by atoms with Gasteiger partial charge < -0.3 is 9.84 Å². The van der Waals surface area contributed by atoms with Gasteiger partial charge in [-0.3, -0.25) is 4.79 Å².